The molecule has 4 heteroatoms. The van der Waals surface area contributed by atoms with Gasteiger partial charge in [-0.15, -0.1) is 0 Å². The van der Waals surface area contributed by atoms with Crippen molar-refractivity contribution in [2.75, 3.05) is 6.54 Å². The van der Waals surface area contributed by atoms with Crippen molar-refractivity contribution in [3.8, 4) is 0 Å². The lowest BCUT2D eigenvalue weighted by Crippen LogP contribution is -2.14. The predicted molar refractivity (Wildman–Crippen MR) is 50.9 cm³/mol. The molecule has 3 N–H and O–H groups in total. The summed E-state index contributed by atoms with van der Waals surface area (Å²) in [5.41, 5.74) is 7.11. The summed E-state index contributed by atoms with van der Waals surface area (Å²) in [6.07, 6.45) is 5.36. The van der Waals surface area contributed by atoms with Crippen LogP contribution in [0.2, 0.25) is 0 Å². The molecule has 0 unspecified atom stereocenters. The summed E-state index contributed by atoms with van der Waals surface area (Å²) in [6.45, 7) is 0.755. The van der Waals surface area contributed by atoms with Gasteiger partial charge in [0.15, 0.2) is 0 Å². The second-order valence-corrected chi connectivity index (χ2v) is 4.27. The van der Waals surface area contributed by atoms with Gasteiger partial charge in [0.05, 0.1) is 16.4 Å². The molecule has 0 aromatic carbocycles. The fraction of sp³-hybridized carbons (Fsp3) is 0.625. The van der Waals surface area contributed by atoms with Crippen LogP contribution in [-0.2, 0) is 5.41 Å². The third kappa shape index (κ3) is 1.19. The van der Waals surface area contributed by atoms with E-state index in [1.807, 2.05) is 6.20 Å². The first-order valence-corrected chi connectivity index (χ1v) is 4.97. The molecule has 0 bridgehead atoms. The highest BCUT2D eigenvalue weighted by Gasteiger charge is 2.45. The van der Waals surface area contributed by atoms with Crippen molar-refractivity contribution < 1.29 is 0 Å². The lowest BCUT2D eigenvalue weighted by atomic mass is 9.99. The fourth-order valence-electron chi connectivity index (χ4n) is 1.70. The van der Waals surface area contributed by atoms with Crippen molar-refractivity contribution in [2.24, 2.45) is 5.73 Å². The average Bonchev–Trinajstić information content (AvgIpc) is 2.68. The van der Waals surface area contributed by atoms with Gasteiger partial charge in [0, 0.05) is 5.41 Å². The largest absolute Gasteiger partial charge is 0.330 e. The maximum absolute atomic E-state index is 5.56. The van der Waals surface area contributed by atoms with Crippen LogP contribution < -0.4 is 5.73 Å². The van der Waals surface area contributed by atoms with Crippen molar-refractivity contribution in [1.82, 2.24) is 10.2 Å². The van der Waals surface area contributed by atoms with Gasteiger partial charge >= 0.3 is 0 Å². The van der Waals surface area contributed by atoms with E-state index in [1.54, 1.807) is 0 Å². The molecule has 0 amide bonds. The molecule has 0 spiro atoms. The number of aromatic nitrogens is 2. The Morgan fingerprint density at radius 3 is 2.83 bits per heavy atom. The van der Waals surface area contributed by atoms with Crippen LogP contribution in [0, 0.1) is 0 Å². The minimum Gasteiger partial charge on any atom is -0.330 e. The lowest BCUT2D eigenvalue weighted by molar-refractivity contribution is 0.605. The normalized spacial score (nSPS) is 19.5. The van der Waals surface area contributed by atoms with E-state index >= 15 is 0 Å². The molecule has 66 valence electrons. The zero-order valence-corrected chi connectivity index (χ0v) is 8.39. The quantitative estimate of drug-likeness (QED) is 0.827. The van der Waals surface area contributed by atoms with E-state index in [0.29, 0.717) is 5.41 Å². The predicted octanol–water partition coefficient (Wildman–Crippen LogP) is 1.55. The van der Waals surface area contributed by atoms with Crippen molar-refractivity contribution in [3.63, 3.8) is 0 Å². The van der Waals surface area contributed by atoms with Crippen LogP contribution in [0.4, 0.5) is 0 Å². The number of nitrogens with one attached hydrogen (secondary N) is 1. The maximum atomic E-state index is 5.56. The molecular weight excluding hydrogens is 218 g/mol. The Bertz CT molecular complexity index is 278. The second kappa shape index (κ2) is 2.85. The molecule has 1 saturated carbocycles. The summed E-state index contributed by atoms with van der Waals surface area (Å²) in [6, 6.07) is 0. The van der Waals surface area contributed by atoms with Gasteiger partial charge in [-0.05, 0) is 41.7 Å². The Morgan fingerprint density at radius 2 is 2.42 bits per heavy atom. The van der Waals surface area contributed by atoms with Crippen molar-refractivity contribution in [3.05, 3.63) is 16.4 Å². The Morgan fingerprint density at radius 1 is 1.67 bits per heavy atom. The number of nitrogens with two attached hydrogens (primary N) is 1. The summed E-state index contributed by atoms with van der Waals surface area (Å²) in [4.78, 5) is 0. The van der Waals surface area contributed by atoms with E-state index in [2.05, 4.69) is 26.1 Å². The second-order valence-electron chi connectivity index (χ2n) is 3.41. The molecule has 1 fully saturated rings. The zero-order valence-electron chi connectivity index (χ0n) is 6.81. The van der Waals surface area contributed by atoms with Crippen LogP contribution in [0.15, 0.2) is 10.7 Å². The van der Waals surface area contributed by atoms with Gasteiger partial charge in [0.2, 0.25) is 0 Å². The number of halogens is 1. The molecule has 0 radical (unpaired) electrons. The summed E-state index contributed by atoms with van der Waals surface area (Å²) < 4.78 is 1.09. The minimum absolute atomic E-state index is 0.323. The number of H-pyrrole nitrogens is 1. The molecule has 0 saturated heterocycles. The van der Waals surface area contributed by atoms with Gasteiger partial charge in [-0.25, -0.2) is 0 Å². The van der Waals surface area contributed by atoms with Crippen LogP contribution in [0.5, 0.6) is 0 Å². The van der Waals surface area contributed by atoms with Gasteiger partial charge < -0.3 is 5.73 Å². The van der Waals surface area contributed by atoms with Crippen molar-refractivity contribution in [1.29, 1.82) is 0 Å². The monoisotopic (exact) mass is 229 g/mol. The molecule has 2 rings (SSSR count). The molecule has 0 aliphatic heterocycles. The van der Waals surface area contributed by atoms with Crippen LogP contribution in [0.25, 0.3) is 0 Å². The van der Waals surface area contributed by atoms with E-state index in [-0.39, 0.29) is 0 Å². The van der Waals surface area contributed by atoms with Gasteiger partial charge in [0.1, 0.15) is 0 Å². The van der Waals surface area contributed by atoms with Crippen LogP contribution in [0.1, 0.15) is 25.0 Å². The highest BCUT2D eigenvalue weighted by molar-refractivity contribution is 9.10. The third-order valence-corrected chi connectivity index (χ3v) is 3.20. The molecule has 1 aliphatic rings. The molecule has 1 aromatic heterocycles. The maximum Gasteiger partial charge on any atom is 0.0632 e. The Kier molecular flexibility index (Phi) is 1.96. The highest BCUT2D eigenvalue weighted by atomic mass is 79.9. The first-order chi connectivity index (χ1) is 5.78. The van der Waals surface area contributed by atoms with E-state index in [4.69, 9.17) is 5.73 Å². The Hall–Kier alpha value is -0.350. The summed E-state index contributed by atoms with van der Waals surface area (Å²) in [7, 11) is 0. The molecule has 3 nitrogen and oxygen atoms in total. The number of aromatic amines is 1. The SMILES string of the molecule is NCCC1(c2[nH]ncc2Br)CC1. The highest BCUT2D eigenvalue weighted by Crippen LogP contribution is 2.51. The Labute approximate surface area is 79.9 Å². The van der Waals surface area contributed by atoms with Crippen LogP contribution >= 0.6 is 15.9 Å². The zero-order chi connectivity index (χ0) is 8.60. The topological polar surface area (TPSA) is 54.7 Å². The van der Waals surface area contributed by atoms with E-state index in [9.17, 15) is 0 Å². The first-order valence-electron chi connectivity index (χ1n) is 4.18. The van der Waals surface area contributed by atoms with E-state index < -0.39 is 0 Å². The lowest BCUT2D eigenvalue weighted by Gasteiger charge is -2.11. The number of hydrogen-bond donors (Lipinski definition) is 2. The third-order valence-electron chi connectivity index (χ3n) is 2.60. The molecule has 1 aliphatic carbocycles. The first kappa shape index (κ1) is 8.26. The molecule has 1 heterocycles. The fourth-order valence-corrected chi connectivity index (χ4v) is 2.31. The molecule has 12 heavy (non-hydrogen) atoms. The van der Waals surface area contributed by atoms with Crippen LogP contribution in [0.3, 0.4) is 0 Å². The van der Waals surface area contributed by atoms with E-state index in [0.717, 1.165) is 17.4 Å². The summed E-state index contributed by atoms with van der Waals surface area (Å²) >= 11 is 3.48. The molecular formula is C8H12BrN3. The number of rotatable bonds is 3. The molecule has 0 atom stereocenters. The minimum atomic E-state index is 0.323. The number of nitrogens with zero attached hydrogens (tertiary/aromatic N) is 1. The van der Waals surface area contributed by atoms with E-state index in [1.165, 1.54) is 18.5 Å². The Balaban J connectivity index is 2.24. The van der Waals surface area contributed by atoms with Crippen LogP contribution in [-0.4, -0.2) is 16.7 Å². The van der Waals surface area contributed by atoms with Crippen molar-refractivity contribution in [2.45, 2.75) is 24.7 Å². The standard InChI is InChI=1S/C8H12BrN3/c9-6-5-11-12-7(6)8(1-2-8)3-4-10/h5H,1-4,10H2,(H,11,12). The van der Waals surface area contributed by atoms with Gasteiger partial charge in [-0.2, -0.15) is 5.10 Å². The summed E-state index contributed by atoms with van der Waals surface area (Å²) in [5, 5.41) is 7.04. The smallest absolute Gasteiger partial charge is 0.0632 e. The van der Waals surface area contributed by atoms with Crippen molar-refractivity contribution >= 4 is 15.9 Å². The summed E-state index contributed by atoms with van der Waals surface area (Å²) in [5.74, 6) is 0. The molecule has 1 aromatic rings. The average molecular weight is 230 g/mol. The van der Waals surface area contributed by atoms with Gasteiger partial charge in [0.25, 0.3) is 0 Å². The van der Waals surface area contributed by atoms with Gasteiger partial charge in [-0.3, -0.25) is 5.10 Å². The van der Waals surface area contributed by atoms with Gasteiger partial charge in [-0.1, -0.05) is 0 Å². The number of hydrogen-bond acceptors (Lipinski definition) is 2.